The fourth-order valence-corrected chi connectivity index (χ4v) is 7.03. The summed E-state index contributed by atoms with van der Waals surface area (Å²) < 4.78 is 5.44. The Hall–Kier alpha value is -2.18. The first-order valence-corrected chi connectivity index (χ1v) is 24.4. The molecule has 0 aromatic carbocycles. The van der Waals surface area contributed by atoms with Crippen LogP contribution in [0.25, 0.3) is 0 Å². The van der Waals surface area contributed by atoms with Crippen LogP contribution < -0.4 is 5.32 Å². The highest BCUT2D eigenvalue weighted by atomic mass is 16.5. The van der Waals surface area contributed by atoms with E-state index in [-0.39, 0.29) is 18.5 Å². The number of hydrogen-bond donors (Lipinski definition) is 3. The standard InChI is InChI=1S/C51H93NO5/c1-3-5-7-9-11-13-15-17-18-21-25-29-33-37-41-45-51(56)57-46-42-38-34-30-26-22-19-20-24-28-32-36-40-44-50(55)52-48(47-53)49(54)43-39-35-31-27-23-16-14-12-10-8-6-4-2/h17-18,20,24,32,36,39,43,48-49,53-54H,3-16,19,21-23,25-31,33-35,37-38,40-42,44-47H2,1-2H3,(H,52,55)/b18-17-,24-20-,36-32-,43-39+. The lowest BCUT2D eigenvalue weighted by atomic mass is 10.1. The van der Waals surface area contributed by atoms with Gasteiger partial charge in [0, 0.05) is 12.8 Å². The van der Waals surface area contributed by atoms with E-state index in [9.17, 15) is 19.8 Å². The minimum Gasteiger partial charge on any atom is -0.466 e. The zero-order chi connectivity index (χ0) is 41.5. The average molecular weight is 800 g/mol. The highest BCUT2D eigenvalue weighted by Gasteiger charge is 2.17. The van der Waals surface area contributed by atoms with Crippen molar-refractivity contribution < 1.29 is 24.5 Å². The van der Waals surface area contributed by atoms with Crippen molar-refractivity contribution in [3.63, 3.8) is 0 Å². The molecule has 0 bridgehead atoms. The molecule has 0 rings (SSSR count). The van der Waals surface area contributed by atoms with Gasteiger partial charge in [0.1, 0.15) is 0 Å². The third kappa shape index (κ3) is 43.2. The summed E-state index contributed by atoms with van der Waals surface area (Å²) in [6.45, 7) is 4.80. The molecule has 1 amide bonds. The Kier molecular flexibility index (Phi) is 44.7. The first-order valence-electron chi connectivity index (χ1n) is 24.4. The lowest BCUT2D eigenvalue weighted by Gasteiger charge is -2.19. The number of aliphatic hydroxyl groups excluding tert-OH is 2. The summed E-state index contributed by atoms with van der Waals surface area (Å²) in [5, 5.41) is 22.9. The van der Waals surface area contributed by atoms with Crippen LogP contribution in [0.4, 0.5) is 0 Å². The minimum atomic E-state index is -0.878. The van der Waals surface area contributed by atoms with E-state index in [1.165, 1.54) is 154 Å². The van der Waals surface area contributed by atoms with Gasteiger partial charge in [-0.3, -0.25) is 9.59 Å². The Morgan fingerprint density at radius 2 is 0.895 bits per heavy atom. The maximum Gasteiger partial charge on any atom is 0.305 e. The first-order chi connectivity index (χ1) is 28.0. The Labute approximate surface area is 353 Å². The molecule has 0 aliphatic heterocycles. The second-order valence-electron chi connectivity index (χ2n) is 16.4. The number of nitrogens with one attached hydrogen (secondary N) is 1. The van der Waals surface area contributed by atoms with Gasteiger partial charge >= 0.3 is 5.97 Å². The number of esters is 1. The fourth-order valence-electron chi connectivity index (χ4n) is 7.03. The zero-order valence-corrected chi connectivity index (χ0v) is 37.6. The molecule has 332 valence electrons. The van der Waals surface area contributed by atoms with Crippen molar-refractivity contribution in [3.05, 3.63) is 48.6 Å². The summed E-state index contributed by atoms with van der Waals surface area (Å²) in [4.78, 5) is 24.4. The van der Waals surface area contributed by atoms with Crippen LogP contribution in [0.15, 0.2) is 48.6 Å². The lowest BCUT2D eigenvalue weighted by molar-refractivity contribution is -0.143. The van der Waals surface area contributed by atoms with Gasteiger partial charge in [0.25, 0.3) is 0 Å². The zero-order valence-electron chi connectivity index (χ0n) is 37.6. The van der Waals surface area contributed by atoms with E-state index in [4.69, 9.17) is 4.74 Å². The van der Waals surface area contributed by atoms with Gasteiger partial charge in [0.2, 0.25) is 5.91 Å². The largest absolute Gasteiger partial charge is 0.466 e. The van der Waals surface area contributed by atoms with Gasteiger partial charge in [-0.25, -0.2) is 0 Å². The van der Waals surface area contributed by atoms with Crippen molar-refractivity contribution >= 4 is 11.9 Å². The molecule has 0 aliphatic carbocycles. The molecular formula is C51H93NO5. The SMILES string of the molecule is CCCCCCCC/C=C\CCCCCCCC(=O)OCCCCCCCC/C=C\C/C=C\CCC(=O)NC(CO)C(O)/C=C/CCCCCCCCCCCC. The Morgan fingerprint density at radius 3 is 1.39 bits per heavy atom. The highest BCUT2D eigenvalue weighted by Crippen LogP contribution is 2.13. The van der Waals surface area contributed by atoms with Crippen molar-refractivity contribution in [2.45, 2.75) is 251 Å². The number of carbonyl (C=O) groups is 2. The van der Waals surface area contributed by atoms with Crippen LogP contribution in [-0.4, -0.2) is 47.4 Å². The van der Waals surface area contributed by atoms with E-state index in [0.29, 0.717) is 25.9 Å². The monoisotopic (exact) mass is 800 g/mol. The van der Waals surface area contributed by atoms with Crippen molar-refractivity contribution in [2.24, 2.45) is 0 Å². The third-order valence-electron chi connectivity index (χ3n) is 10.8. The Balaban J connectivity index is 3.59. The van der Waals surface area contributed by atoms with E-state index in [2.05, 4.69) is 49.5 Å². The lowest BCUT2D eigenvalue weighted by Crippen LogP contribution is -2.45. The Bertz CT molecular complexity index is 973. The van der Waals surface area contributed by atoms with E-state index in [1.807, 2.05) is 12.2 Å². The average Bonchev–Trinajstić information content (AvgIpc) is 3.21. The normalized spacial score (nSPS) is 13.1. The summed E-state index contributed by atoms with van der Waals surface area (Å²) in [6.07, 6.45) is 56.9. The van der Waals surface area contributed by atoms with Crippen LogP contribution >= 0.6 is 0 Å². The number of allylic oxidation sites excluding steroid dienone is 7. The molecule has 0 aromatic rings. The van der Waals surface area contributed by atoms with Crippen LogP contribution in [0.3, 0.4) is 0 Å². The number of aliphatic hydroxyl groups is 2. The number of amides is 1. The van der Waals surface area contributed by atoms with E-state index in [1.54, 1.807) is 6.08 Å². The van der Waals surface area contributed by atoms with Crippen LogP contribution in [0.1, 0.15) is 239 Å². The van der Waals surface area contributed by atoms with Gasteiger partial charge in [0.15, 0.2) is 0 Å². The van der Waals surface area contributed by atoms with E-state index in [0.717, 1.165) is 51.4 Å². The second-order valence-corrected chi connectivity index (χ2v) is 16.4. The quantitative estimate of drug-likeness (QED) is 0.0324. The minimum absolute atomic E-state index is 0.0277. The van der Waals surface area contributed by atoms with E-state index < -0.39 is 12.1 Å². The summed E-state index contributed by atoms with van der Waals surface area (Å²) in [6, 6.07) is -0.671. The maximum atomic E-state index is 12.3. The molecule has 0 fully saturated rings. The summed E-state index contributed by atoms with van der Waals surface area (Å²) >= 11 is 0. The van der Waals surface area contributed by atoms with Gasteiger partial charge in [0.05, 0.1) is 25.4 Å². The third-order valence-corrected chi connectivity index (χ3v) is 10.8. The summed E-state index contributed by atoms with van der Waals surface area (Å²) in [7, 11) is 0. The molecule has 0 aliphatic rings. The van der Waals surface area contributed by atoms with Crippen LogP contribution in [0.2, 0.25) is 0 Å². The summed E-state index contributed by atoms with van der Waals surface area (Å²) in [5.41, 5.74) is 0. The fraction of sp³-hybridized carbons (Fsp3) is 0.804. The maximum absolute atomic E-state index is 12.3. The topological polar surface area (TPSA) is 95.9 Å². The molecule has 0 aromatic heterocycles. The number of carbonyl (C=O) groups excluding carboxylic acids is 2. The van der Waals surface area contributed by atoms with Gasteiger partial charge in [-0.15, -0.1) is 0 Å². The smallest absolute Gasteiger partial charge is 0.305 e. The van der Waals surface area contributed by atoms with Crippen molar-refractivity contribution in [1.82, 2.24) is 5.32 Å². The predicted molar refractivity (Wildman–Crippen MR) is 245 cm³/mol. The van der Waals surface area contributed by atoms with Crippen molar-refractivity contribution in [1.29, 1.82) is 0 Å². The number of hydrogen-bond acceptors (Lipinski definition) is 5. The molecular weight excluding hydrogens is 707 g/mol. The predicted octanol–water partition coefficient (Wildman–Crippen LogP) is 14.3. The number of rotatable bonds is 44. The van der Waals surface area contributed by atoms with Crippen LogP contribution in [-0.2, 0) is 14.3 Å². The number of unbranched alkanes of at least 4 members (excludes halogenated alkanes) is 27. The molecule has 2 atom stereocenters. The van der Waals surface area contributed by atoms with Crippen LogP contribution in [0.5, 0.6) is 0 Å². The first kappa shape index (κ1) is 54.8. The molecule has 6 nitrogen and oxygen atoms in total. The van der Waals surface area contributed by atoms with Gasteiger partial charge in [-0.05, 0) is 77.0 Å². The van der Waals surface area contributed by atoms with Gasteiger partial charge in [-0.1, -0.05) is 197 Å². The molecule has 3 N–H and O–H groups in total. The Morgan fingerprint density at radius 1 is 0.491 bits per heavy atom. The summed E-state index contributed by atoms with van der Waals surface area (Å²) in [5.74, 6) is -0.179. The molecule has 0 heterocycles. The highest BCUT2D eigenvalue weighted by molar-refractivity contribution is 5.76. The van der Waals surface area contributed by atoms with Crippen LogP contribution in [0, 0.1) is 0 Å². The molecule has 0 radical (unpaired) electrons. The molecule has 6 heteroatoms. The van der Waals surface area contributed by atoms with E-state index >= 15 is 0 Å². The van der Waals surface area contributed by atoms with Crippen molar-refractivity contribution in [2.75, 3.05) is 13.2 Å². The number of ether oxygens (including phenoxy) is 1. The molecule has 0 saturated carbocycles. The molecule has 0 spiro atoms. The second kappa shape index (κ2) is 46.5. The van der Waals surface area contributed by atoms with Gasteiger partial charge < -0.3 is 20.3 Å². The molecule has 57 heavy (non-hydrogen) atoms. The van der Waals surface area contributed by atoms with Gasteiger partial charge in [-0.2, -0.15) is 0 Å². The molecule has 2 unspecified atom stereocenters. The molecule has 0 saturated heterocycles. The van der Waals surface area contributed by atoms with Crippen molar-refractivity contribution in [3.8, 4) is 0 Å².